The summed E-state index contributed by atoms with van der Waals surface area (Å²) >= 11 is 0. The van der Waals surface area contributed by atoms with Crippen LogP contribution in [-0.4, -0.2) is 39.7 Å². The Balaban J connectivity index is 2.40. The molecule has 13 heavy (non-hydrogen) atoms. The van der Waals surface area contributed by atoms with Crippen molar-refractivity contribution in [3.05, 3.63) is 0 Å². The molecule has 2 aliphatic rings. The number of hydrogen-bond donors (Lipinski definition) is 1. The molecule has 0 aliphatic carbocycles. The molecule has 1 N–H and O–H groups in total. The van der Waals surface area contributed by atoms with E-state index < -0.39 is 11.5 Å². The summed E-state index contributed by atoms with van der Waals surface area (Å²) < 4.78 is 0. The van der Waals surface area contributed by atoms with E-state index in [1.807, 2.05) is 0 Å². The zero-order valence-electron chi connectivity index (χ0n) is 6.95. The van der Waals surface area contributed by atoms with Crippen molar-refractivity contribution in [2.75, 3.05) is 6.54 Å². The van der Waals surface area contributed by atoms with Gasteiger partial charge < -0.3 is 10.0 Å². The summed E-state index contributed by atoms with van der Waals surface area (Å²) in [5.74, 6) is -1.42. The smallest absolute Gasteiger partial charge is 0.330 e. The topological polar surface area (TPSA) is 74.7 Å². The summed E-state index contributed by atoms with van der Waals surface area (Å²) in [4.78, 5) is 34.4. The number of rotatable bonds is 1. The van der Waals surface area contributed by atoms with Gasteiger partial charge in [-0.15, -0.1) is 0 Å². The maximum atomic E-state index is 11.2. The van der Waals surface area contributed by atoms with Gasteiger partial charge in [0.25, 0.3) is 0 Å². The number of amides is 1. The Bertz CT molecular complexity index is 311. The van der Waals surface area contributed by atoms with Gasteiger partial charge in [0.15, 0.2) is 5.78 Å². The van der Waals surface area contributed by atoms with Gasteiger partial charge >= 0.3 is 5.97 Å². The summed E-state index contributed by atoms with van der Waals surface area (Å²) in [5.41, 5.74) is -1.20. The van der Waals surface area contributed by atoms with Crippen molar-refractivity contribution in [3.8, 4) is 0 Å². The fourth-order valence-electron chi connectivity index (χ4n) is 2.10. The molecule has 2 saturated heterocycles. The van der Waals surface area contributed by atoms with Crippen LogP contribution in [-0.2, 0) is 14.4 Å². The Morgan fingerprint density at radius 3 is 2.69 bits per heavy atom. The average molecular weight is 183 g/mol. The minimum absolute atomic E-state index is 0.0198. The van der Waals surface area contributed by atoms with Crippen LogP contribution in [0, 0.1) is 0 Å². The zero-order valence-corrected chi connectivity index (χ0v) is 6.95. The minimum Gasteiger partial charge on any atom is -0.479 e. The predicted octanol–water partition coefficient (Wildman–Crippen LogP) is -0.595. The summed E-state index contributed by atoms with van der Waals surface area (Å²) in [6.07, 6.45) is 0.501. The first-order valence-corrected chi connectivity index (χ1v) is 4.12. The van der Waals surface area contributed by atoms with Crippen molar-refractivity contribution in [1.82, 2.24) is 4.90 Å². The standard InChI is InChI=1S/C8H9NO4/c10-5-3-8(7(12)13)2-1-6(11)9(8)4-5/h1-4H2,(H,12,13)/t8-/m1/s1. The number of carboxylic acids is 1. The number of carbonyl (C=O) groups is 3. The molecule has 2 heterocycles. The molecule has 5 heteroatoms. The average Bonchev–Trinajstić information content (AvgIpc) is 2.51. The summed E-state index contributed by atoms with van der Waals surface area (Å²) in [6, 6.07) is 0. The lowest BCUT2D eigenvalue weighted by Gasteiger charge is -2.25. The monoisotopic (exact) mass is 183 g/mol. The summed E-state index contributed by atoms with van der Waals surface area (Å²) in [6.45, 7) is -0.0227. The SMILES string of the molecule is O=C1CN2C(=O)CC[C@]2(C(=O)O)C1. The number of carbonyl (C=O) groups excluding carboxylic acids is 2. The van der Waals surface area contributed by atoms with Crippen LogP contribution in [0.2, 0.25) is 0 Å². The maximum Gasteiger partial charge on any atom is 0.330 e. The van der Waals surface area contributed by atoms with Gasteiger partial charge in [-0.05, 0) is 6.42 Å². The van der Waals surface area contributed by atoms with Gasteiger partial charge in [-0.3, -0.25) is 9.59 Å². The molecule has 0 aromatic heterocycles. The van der Waals surface area contributed by atoms with Crippen molar-refractivity contribution in [2.45, 2.75) is 24.8 Å². The molecule has 2 aliphatic heterocycles. The molecular formula is C8H9NO4. The van der Waals surface area contributed by atoms with Crippen LogP contribution >= 0.6 is 0 Å². The van der Waals surface area contributed by atoms with E-state index in [4.69, 9.17) is 5.11 Å². The van der Waals surface area contributed by atoms with Crippen LogP contribution < -0.4 is 0 Å². The minimum atomic E-state index is -1.20. The number of ketones is 1. The number of fused-ring (bicyclic) bond motifs is 1. The van der Waals surface area contributed by atoms with Crippen LogP contribution in [0.1, 0.15) is 19.3 Å². The normalized spacial score (nSPS) is 32.5. The Morgan fingerprint density at radius 1 is 1.46 bits per heavy atom. The van der Waals surface area contributed by atoms with E-state index in [0.29, 0.717) is 0 Å². The van der Waals surface area contributed by atoms with E-state index in [9.17, 15) is 14.4 Å². The number of Topliss-reactive ketones (excluding diaryl/α,β-unsaturated/α-hetero) is 1. The molecule has 5 nitrogen and oxygen atoms in total. The highest BCUT2D eigenvalue weighted by Gasteiger charge is 2.56. The second-order valence-electron chi connectivity index (χ2n) is 3.53. The Labute approximate surface area is 74.3 Å². The van der Waals surface area contributed by atoms with Crippen LogP contribution in [0.25, 0.3) is 0 Å². The van der Waals surface area contributed by atoms with Crippen LogP contribution in [0.5, 0.6) is 0 Å². The van der Waals surface area contributed by atoms with E-state index in [-0.39, 0.29) is 37.5 Å². The van der Waals surface area contributed by atoms with Crippen molar-refractivity contribution < 1.29 is 19.5 Å². The first-order chi connectivity index (χ1) is 6.06. The third-order valence-corrected chi connectivity index (χ3v) is 2.79. The van der Waals surface area contributed by atoms with Crippen LogP contribution in [0.3, 0.4) is 0 Å². The lowest BCUT2D eigenvalue weighted by molar-refractivity contribution is -0.151. The molecular weight excluding hydrogens is 174 g/mol. The maximum absolute atomic E-state index is 11.2. The Kier molecular flexibility index (Phi) is 1.46. The number of nitrogens with zero attached hydrogens (tertiary/aromatic N) is 1. The quantitative estimate of drug-likeness (QED) is 0.589. The summed E-state index contributed by atoms with van der Waals surface area (Å²) in [7, 11) is 0. The second kappa shape index (κ2) is 2.31. The van der Waals surface area contributed by atoms with Crippen LogP contribution in [0.4, 0.5) is 0 Å². The van der Waals surface area contributed by atoms with E-state index in [0.717, 1.165) is 0 Å². The first-order valence-electron chi connectivity index (χ1n) is 4.12. The van der Waals surface area contributed by atoms with Gasteiger partial charge in [0.1, 0.15) is 5.54 Å². The van der Waals surface area contributed by atoms with E-state index in [1.54, 1.807) is 0 Å². The number of aliphatic carboxylic acids is 1. The highest BCUT2D eigenvalue weighted by molar-refractivity contribution is 6.01. The number of carboxylic acid groups (broad SMARTS) is 1. The fraction of sp³-hybridized carbons (Fsp3) is 0.625. The van der Waals surface area contributed by atoms with Gasteiger partial charge in [-0.1, -0.05) is 0 Å². The van der Waals surface area contributed by atoms with Gasteiger partial charge in [0.2, 0.25) is 5.91 Å². The largest absolute Gasteiger partial charge is 0.479 e. The predicted molar refractivity (Wildman–Crippen MR) is 40.9 cm³/mol. The van der Waals surface area contributed by atoms with Crippen molar-refractivity contribution in [3.63, 3.8) is 0 Å². The van der Waals surface area contributed by atoms with Gasteiger partial charge in [-0.25, -0.2) is 4.79 Å². The van der Waals surface area contributed by atoms with E-state index in [1.165, 1.54) is 4.90 Å². The molecule has 70 valence electrons. The highest BCUT2D eigenvalue weighted by atomic mass is 16.4. The Morgan fingerprint density at radius 2 is 2.15 bits per heavy atom. The lowest BCUT2D eigenvalue weighted by atomic mass is 9.94. The molecule has 0 bridgehead atoms. The molecule has 0 spiro atoms. The van der Waals surface area contributed by atoms with Crippen molar-refractivity contribution in [2.24, 2.45) is 0 Å². The Hall–Kier alpha value is -1.39. The highest BCUT2D eigenvalue weighted by Crippen LogP contribution is 2.38. The molecule has 0 aromatic rings. The third kappa shape index (κ3) is 0.897. The molecule has 0 radical (unpaired) electrons. The van der Waals surface area contributed by atoms with E-state index >= 15 is 0 Å². The van der Waals surface area contributed by atoms with Gasteiger partial charge in [-0.2, -0.15) is 0 Å². The molecule has 1 atom stereocenters. The molecule has 0 aromatic carbocycles. The molecule has 2 fully saturated rings. The van der Waals surface area contributed by atoms with Crippen LogP contribution in [0.15, 0.2) is 0 Å². The van der Waals surface area contributed by atoms with Crippen molar-refractivity contribution >= 4 is 17.7 Å². The second-order valence-corrected chi connectivity index (χ2v) is 3.53. The molecule has 0 saturated carbocycles. The fourth-order valence-corrected chi connectivity index (χ4v) is 2.10. The van der Waals surface area contributed by atoms with Crippen molar-refractivity contribution in [1.29, 1.82) is 0 Å². The molecule has 0 unspecified atom stereocenters. The van der Waals surface area contributed by atoms with Gasteiger partial charge in [0, 0.05) is 12.8 Å². The molecule has 1 amide bonds. The summed E-state index contributed by atoms with van der Waals surface area (Å²) in [5, 5.41) is 8.96. The third-order valence-electron chi connectivity index (χ3n) is 2.79. The van der Waals surface area contributed by atoms with E-state index in [2.05, 4.69) is 0 Å². The first kappa shape index (κ1) is 8.22. The zero-order chi connectivity index (χ0) is 9.64. The van der Waals surface area contributed by atoms with Gasteiger partial charge in [0.05, 0.1) is 6.54 Å². The number of hydrogen-bond acceptors (Lipinski definition) is 3. The molecule has 2 rings (SSSR count). The lowest BCUT2D eigenvalue weighted by Crippen LogP contribution is -2.47.